The fourth-order valence-corrected chi connectivity index (χ4v) is 1.95. The Morgan fingerprint density at radius 3 is 2.25 bits per heavy atom. The van der Waals surface area contributed by atoms with E-state index in [1.54, 1.807) is 6.92 Å². The summed E-state index contributed by atoms with van der Waals surface area (Å²) in [5.74, 6) is 0.0838. The van der Waals surface area contributed by atoms with Gasteiger partial charge in [-0.2, -0.15) is 0 Å². The van der Waals surface area contributed by atoms with Crippen molar-refractivity contribution in [2.75, 3.05) is 25.5 Å². The van der Waals surface area contributed by atoms with Crippen molar-refractivity contribution in [1.29, 1.82) is 0 Å². The Labute approximate surface area is 97.7 Å². The SMILES string of the molecule is CC(=O)N(c1ccccc1)C(C)CN(C)C. The van der Waals surface area contributed by atoms with Crippen LogP contribution in [0.15, 0.2) is 30.3 Å². The predicted molar refractivity (Wildman–Crippen MR) is 67.6 cm³/mol. The van der Waals surface area contributed by atoms with E-state index in [1.807, 2.05) is 49.3 Å². The summed E-state index contributed by atoms with van der Waals surface area (Å²) in [6.45, 7) is 4.53. The highest BCUT2D eigenvalue weighted by molar-refractivity contribution is 5.92. The van der Waals surface area contributed by atoms with Gasteiger partial charge in [-0.25, -0.2) is 0 Å². The molecule has 0 aliphatic carbocycles. The summed E-state index contributed by atoms with van der Waals surface area (Å²) in [4.78, 5) is 15.6. The number of likely N-dealkylation sites (N-methyl/N-ethyl adjacent to an activating group) is 1. The Kier molecular flexibility index (Phi) is 4.50. The minimum atomic E-state index is 0.0838. The Morgan fingerprint density at radius 2 is 1.81 bits per heavy atom. The minimum Gasteiger partial charge on any atom is -0.309 e. The molecule has 1 aromatic rings. The Hall–Kier alpha value is -1.35. The highest BCUT2D eigenvalue weighted by Gasteiger charge is 2.18. The zero-order valence-electron chi connectivity index (χ0n) is 10.5. The lowest BCUT2D eigenvalue weighted by atomic mass is 10.2. The fraction of sp³-hybridized carbons (Fsp3) is 0.462. The molecule has 0 heterocycles. The third kappa shape index (κ3) is 3.35. The second-order valence-corrected chi connectivity index (χ2v) is 4.34. The highest BCUT2D eigenvalue weighted by Crippen LogP contribution is 2.16. The van der Waals surface area contributed by atoms with E-state index in [2.05, 4.69) is 11.8 Å². The smallest absolute Gasteiger partial charge is 0.224 e. The van der Waals surface area contributed by atoms with Crippen molar-refractivity contribution >= 4 is 11.6 Å². The molecule has 1 rings (SSSR count). The first-order valence-electron chi connectivity index (χ1n) is 5.52. The van der Waals surface area contributed by atoms with Gasteiger partial charge in [0.2, 0.25) is 5.91 Å². The van der Waals surface area contributed by atoms with Crippen LogP contribution in [0, 0.1) is 0 Å². The first-order valence-corrected chi connectivity index (χ1v) is 5.52. The van der Waals surface area contributed by atoms with Gasteiger partial charge in [0.25, 0.3) is 0 Å². The van der Waals surface area contributed by atoms with E-state index in [0.717, 1.165) is 12.2 Å². The zero-order chi connectivity index (χ0) is 12.1. The number of rotatable bonds is 4. The van der Waals surface area contributed by atoms with Crippen molar-refractivity contribution in [3.05, 3.63) is 30.3 Å². The molecule has 0 aliphatic heterocycles. The summed E-state index contributed by atoms with van der Waals surface area (Å²) in [5.41, 5.74) is 0.962. The van der Waals surface area contributed by atoms with Crippen LogP contribution in [0.3, 0.4) is 0 Å². The number of carbonyl (C=O) groups is 1. The molecule has 1 unspecified atom stereocenters. The van der Waals surface area contributed by atoms with Crippen LogP contribution in [-0.4, -0.2) is 37.5 Å². The summed E-state index contributed by atoms with van der Waals surface area (Å²) in [7, 11) is 4.03. The molecule has 0 fully saturated rings. The number of anilines is 1. The van der Waals surface area contributed by atoms with Crippen LogP contribution < -0.4 is 4.90 Å². The van der Waals surface area contributed by atoms with Gasteiger partial charge >= 0.3 is 0 Å². The van der Waals surface area contributed by atoms with Crippen molar-refractivity contribution in [2.24, 2.45) is 0 Å². The summed E-state index contributed by atoms with van der Waals surface area (Å²) < 4.78 is 0. The predicted octanol–water partition coefficient (Wildman–Crippen LogP) is 1.99. The number of carbonyl (C=O) groups excluding carboxylic acids is 1. The third-order valence-corrected chi connectivity index (χ3v) is 2.44. The zero-order valence-corrected chi connectivity index (χ0v) is 10.5. The van der Waals surface area contributed by atoms with E-state index in [1.165, 1.54) is 0 Å². The Balaban J connectivity index is 2.88. The Morgan fingerprint density at radius 1 is 1.25 bits per heavy atom. The first-order chi connectivity index (χ1) is 7.52. The van der Waals surface area contributed by atoms with Crippen LogP contribution in [0.25, 0.3) is 0 Å². The number of benzene rings is 1. The largest absolute Gasteiger partial charge is 0.309 e. The van der Waals surface area contributed by atoms with E-state index in [-0.39, 0.29) is 11.9 Å². The lowest BCUT2D eigenvalue weighted by Gasteiger charge is -2.30. The van der Waals surface area contributed by atoms with Gasteiger partial charge in [0, 0.05) is 25.2 Å². The summed E-state index contributed by atoms with van der Waals surface area (Å²) in [6.07, 6.45) is 0. The van der Waals surface area contributed by atoms with E-state index in [9.17, 15) is 4.79 Å². The molecule has 88 valence electrons. The van der Waals surface area contributed by atoms with Crippen LogP contribution in [-0.2, 0) is 4.79 Å². The van der Waals surface area contributed by atoms with Gasteiger partial charge in [-0.3, -0.25) is 4.79 Å². The van der Waals surface area contributed by atoms with Crippen LogP contribution in [0.4, 0.5) is 5.69 Å². The second-order valence-electron chi connectivity index (χ2n) is 4.34. The average molecular weight is 220 g/mol. The lowest BCUT2D eigenvalue weighted by Crippen LogP contribution is -2.43. The van der Waals surface area contributed by atoms with E-state index in [0.29, 0.717) is 0 Å². The maximum absolute atomic E-state index is 11.7. The van der Waals surface area contributed by atoms with Gasteiger partial charge in [-0.15, -0.1) is 0 Å². The molecule has 0 saturated heterocycles. The fourth-order valence-electron chi connectivity index (χ4n) is 1.95. The molecule has 1 atom stereocenters. The molecule has 0 aliphatic rings. The molecular weight excluding hydrogens is 200 g/mol. The number of nitrogens with zero attached hydrogens (tertiary/aromatic N) is 2. The van der Waals surface area contributed by atoms with E-state index in [4.69, 9.17) is 0 Å². The average Bonchev–Trinajstić information content (AvgIpc) is 2.17. The van der Waals surface area contributed by atoms with Crippen LogP contribution in [0.1, 0.15) is 13.8 Å². The molecule has 16 heavy (non-hydrogen) atoms. The van der Waals surface area contributed by atoms with Crippen LogP contribution >= 0.6 is 0 Å². The Bertz CT molecular complexity index is 335. The van der Waals surface area contributed by atoms with Gasteiger partial charge in [-0.1, -0.05) is 18.2 Å². The van der Waals surface area contributed by atoms with Crippen LogP contribution in [0.5, 0.6) is 0 Å². The van der Waals surface area contributed by atoms with Crippen molar-refractivity contribution in [3.63, 3.8) is 0 Å². The molecular formula is C13H20N2O. The molecule has 3 nitrogen and oxygen atoms in total. The maximum Gasteiger partial charge on any atom is 0.224 e. The quantitative estimate of drug-likeness (QED) is 0.774. The standard InChI is InChI=1S/C13H20N2O/c1-11(10-14(3)4)15(12(2)16)13-8-6-5-7-9-13/h5-9,11H,10H2,1-4H3. The lowest BCUT2D eigenvalue weighted by molar-refractivity contribution is -0.117. The van der Waals surface area contributed by atoms with Gasteiger partial charge in [0.15, 0.2) is 0 Å². The van der Waals surface area contributed by atoms with Crippen LogP contribution in [0.2, 0.25) is 0 Å². The van der Waals surface area contributed by atoms with E-state index < -0.39 is 0 Å². The van der Waals surface area contributed by atoms with Crippen molar-refractivity contribution in [1.82, 2.24) is 4.90 Å². The highest BCUT2D eigenvalue weighted by atomic mass is 16.2. The molecule has 0 N–H and O–H groups in total. The summed E-state index contributed by atoms with van der Waals surface area (Å²) in [6, 6.07) is 9.97. The molecule has 0 saturated carbocycles. The molecule has 1 amide bonds. The van der Waals surface area contributed by atoms with Gasteiger partial charge < -0.3 is 9.80 Å². The molecule has 0 spiro atoms. The first kappa shape index (κ1) is 12.7. The minimum absolute atomic E-state index is 0.0838. The number of hydrogen-bond donors (Lipinski definition) is 0. The number of para-hydroxylation sites is 1. The molecule has 3 heteroatoms. The summed E-state index contributed by atoms with van der Waals surface area (Å²) in [5, 5.41) is 0. The normalized spacial score (nSPS) is 12.6. The number of amides is 1. The molecule has 0 radical (unpaired) electrons. The molecule has 0 bridgehead atoms. The topological polar surface area (TPSA) is 23.6 Å². The van der Waals surface area contributed by atoms with Crippen molar-refractivity contribution < 1.29 is 4.79 Å². The molecule has 0 aromatic heterocycles. The van der Waals surface area contributed by atoms with Gasteiger partial charge in [-0.05, 0) is 33.2 Å². The second kappa shape index (κ2) is 5.66. The van der Waals surface area contributed by atoms with Gasteiger partial charge in [0.05, 0.1) is 0 Å². The maximum atomic E-state index is 11.7. The summed E-state index contributed by atoms with van der Waals surface area (Å²) >= 11 is 0. The van der Waals surface area contributed by atoms with Gasteiger partial charge in [0.1, 0.15) is 0 Å². The monoisotopic (exact) mass is 220 g/mol. The number of hydrogen-bond acceptors (Lipinski definition) is 2. The third-order valence-electron chi connectivity index (χ3n) is 2.44. The van der Waals surface area contributed by atoms with Crippen molar-refractivity contribution in [3.8, 4) is 0 Å². The molecule has 1 aromatic carbocycles. The van der Waals surface area contributed by atoms with Crippen molar-refractivity contribution in [2.45, 2.75) is 19.9 Å². The van der Waals surface area contributed by atoms with E-state index >= 15 is 0 Å².